The third-order valence-electron chi connectivity index (χ3n) is 4.04. The van der Waals surface area contributed by atoms with Crippen LogP contribution in [-0.2, 0) is 6.42 Å². The number of halogens is 2. The normalized spacial score (nSPS) is 10.4. The quantitative estimate of drug-likeness (QED) is 0.609. The van der Waals surface area contributed by atoms with Crippen molar-refractivity contribution in [3.63, 3.8) is 0 Å². The third-order valence-corrected chi connectivity index (χ3v) is 4.33. The fourth-order valence-corrected chi connectivity index (χ4v) is 2.80. The van der Waals surface area contributed by atoms with E-state index >= 15 is 0 Å². The summed E-state index contributed by atoms with van der Waals surface area (Å²) in [6.07, 6.45) is 3.75. The summed E-state index contributed by atoms with van der Waals surface area (Å²) in [4.78, 5) is 16.5. The van der Waals surface area contributed by atoms with Crippen LogP contribution in [0.25, 0.3) is 0 Å². The lowest BCUT2D eigenvalue weighted by atomic mass is 10.1. The van der Waals surface area contributed by atoms with Crippen LogP contribution in [-0.4, -0.2) is 24.5 Å². The Morgan fingerprint density at radius 3 is 2.79 bits per heavy atom. The van der Waals surface area contributed by atoms with E-state index in [4.69, 9.17) is 16.3 Å². The van der Waals surface area contributed by atoms with Gasteiger partial charge in [-0.05, 0) is 48.4 Å². The second-order valence-corrected chi connectivity index (χ2v) is 6.48. The molecule has 2 N–H and O–H groups in total. The summed E-state index contributed by atoms with van der Waals surface area (Å²) in [5.74, 6) is 0.0680. The van der Waals surface area contributed by atoms with Gasteiger partial charge in [-0.25, -0.2) is 4.39 Å². The molecule has 1 amide bonds. The highest BCUT2D eigenvalue weighted by Gasteiger charge is 2.08. The number of rotatable bonds is 7. The number of carbonyl (C=O) groups excluding carboxylic acids is 1. The molecule has 0 aliphatic rings. The predicted octanol–water partition coefficient (Wildman–Crippen LogP) is 4.60. The maximum absolute atomic E-state index is 13.3. The zero-order valence-corrected chi connectivity index (χ0v) is 16.0. The molecule has 0 fully saturated rings. The van der Waals surface area contributed by atoms with Crippen molar-refractivity contribution < 1.29 is 13.9 Å². The van der Waals surface area contributed by atoms with Crippen LogP contribution in [0.15, 0.2) is 60.9 Å². The van der Waals surface area contributed by atoms with Gasteiger partial charge in [-0.15, -0.1) is 0 Å². The molecule has 1 heterocycles. The number of ether oxygens (including phenoxy) is 1. The standard InChI is InChI=1S/C21H19ClFN3O2/c1-28-18-4-2-3-14(9-18)7-8-25-21(27)15-10-17(13-24-12-15)26-16-5-6-20(23)19(22)11-16/h2-6,9-13,26H,7-8H2,1H3,(H,25,27). The topological polar surface area (TPSA) is 63.2 Å². The molecule has 0 saturated heterocycles. The van der Waals surface area contributed by atoms with Crippen molar-refractivity contribution in [2.24, 2.45) is 0 Å². The Morgan fingerprint density at radius 1 is 1.14 bits per heavy atom. The second kappa shape index (κ2) is 9.19. The highest BCUT2D eigenvalue weighted by molar-refractivity contribution is 6.31. The van der Waals surface area contributed by atoms with Crippen molar-refractivity contribution in [2.45, 2.75) is 6.42 Å². The first-order chi connectivity index (χ1) is 13.5. The van der Waals surface area contributed by atoms with E-state index in [0.717, 1.165) is 11.3 Å². The lowest BCUT2D eigenvalue weighted by Crippen LogP contribution is -2.25. The van der Waals surface area contributed by atoms with Gasteiger partial charge in [-0.1, -0.05) is 23.7 Å². The van der Waals surface area contributed by atoms with Gasteiger partial charge in [-0.3, -0.25) is 9.78 Å². The monoisotopic (exact) mass is 399 g/mol. The Balaban J connectivity index is 1.59. The minimum absolute atomic E-state index is 0.0180. The summed E-state index contributed by atoms with van der Waals surface area (Å²) in [5.41, 5.74) is 2.69. The van der Waals surface area contributed by atoms with Crippen molar-refractivity contribution in [2.75, 3.05) is 19.0 Å². The molecule has 2 aromatic carbocycles. The fourth-order valence-electron chi connectivity index (χ4n) is 2.62. The highest BCUT2D eigenvalue weighted by atomic mass is 35.5. The van der Waals surface area contributed by atoms with Gasteiger partial charge in [0.15, 0.2) is 0 Å². The molecule has 0 spiro atoms. The maximum Gasteiger partial charge on any atom is 0.252 e. The average molecular weight is 400 g/mol. The van der Waals surface area contributed by atoms with E-state index in [1.54, 1.807) is 25.4 Å². The van der Waals surface area contributed by atoms with E-state index in [2.05, 4.69) is 15.6 Å². The van der Waals surface area contributed by atoms with Gasteiger partial charge >= 0.3 is 0 Å². The summed E-state index contributed by atoms with van der Waals surface area (Å²) in [6.45, 7) is 0.483. The summed E-state index contributed by atoms with van der Waals surface area (Å²) < 4.78 is 18.5. The van der Waals surface area contributed by atoms with E-state index < -0.39 is 5.82 Å². The molecule has 0 aliphatic heterocycles. The highest BCUT2D eigenvalue weighted by Crippen LogP contribution is 2.22. The van der Waals surface area contributed by atoms with Crippen molar-refractivity contribution >= 4 is 28.9 Å². The Hall–Kier alpha value is -3.12. The van der Waals surface area contributed by atoms with Crippen molar-refractivity contribution in [1.82, 2.24) is 10.3 Å². The lowest BCUT2D eigenvalue weighted by molar-refractivity contribution is 0.0954. The van der Waals surface area contributed by atoms with E-state index in [0.29, 0.717) is 29.9 Å². The molecule has 1 aromatic heterocycles. The van der Waals surface area contributed by atoms with E-state index in [9.17, 15) is 9.18 Å². The smallest absolute Gasteiger partial charge is 0.252 e. The number of hydrogen-bond acceptors (Lipinski definition) is 4. The first-order valence-electron chi connectivity index (χ1n) is 8.63. The van der Waals surface area contributed by atoms with Crippen LogP contribution in [0.3, 0.4) is 0 Å². The van der Waals surface area contributed by atoms with Crippen LogP contribution < -0.4 is 15.4 Å². The van der Waals surface area contributed by atoms with Crippen LogP contribution in [0, 0.1) is 5.82 Å². The van der Waals surface area contributed by atoms with Gasteiger partial charge < -0.3 is 15.4 Å². The zero-order chi connectivity index (χ0) is 19.9. The van der Waals surface area contributed by atoms with Crippen LogP contribution in [0.1, 0.15) is 15.9 Å². The van der Waals surface area contributed by atoms with Crippen molar-refractivity contribution in [1.29, 1.82) is 0 Å². The SMILES string of the molecule is COc1cccc(CCNC(=O)c2cncc(Nc3ccc(F)c(Cl)c3)c2)c1. The van der Waals surface area contributed by atoms with Gasteiger partial charge in [0.25, 0.3) is 5.91 Å². The Bertz CT molecular complexity index is 981. The number of nitrogens with one attached hydrogen (secondary N) is 2. The average Bonchev–Trinajstić information content (AvgIpc) is 2.71. The van der Waals surface area contributed by atoms with E-state index in [1.807, 2.05) is 24.3 Å². The molecule has 28 heavy (non-hydrogen) atoms. The molecule has 144 valence electrons. The predicted molar refractivity (Wildman–Crippen MR) is 108 cm³/mol. The van der Waals surface area contributed by atoms with Crippen LogP contribution >= 0.6 is 11.6 Å². The van der Waals surface area contributed by atoms with Crippen molar-refractivity contribution in [3.8, 4) is 5.75 Å². The third kappa shape index (κ3) is 5.20. The molecule has 5 nitrogen and oxygen atoms in total. The molecule has 0 atom stereocenters. The van der Waals surface area contributed by atoms with Gasteiger partial charge in [0, 0.05) is 18.4 Å². The van der Waals surface area contributed by atoms with Gasteiger partial charge in [0.2, 0.25) is 0 Å². The number of hydrogen-bond donors (Lipinski definition) is 2. The molecule has 0 aliphatic carbocycles. The number of methoxy groups -OCH3 is 1. The first kappa shape index (κ1) is 19.6. The first-order valence-corrected chi connectivity index (χ1v) is 9.01. The molecular formula is C21H19ClFN3O2. The fraction of sp³-hybridized carbons (Fsp3) is 0.143. The number of carbonyl (C=O) groups is 1. The Kier molecular flexibility index (Phi) is 6.45. The van der Waals surface area contributed by atoms with Crippen LogP contribution in [0.4, 0.5) is 15.8 Å². The molecule has 0 radical (unpaired) electrons. The number of nitrogens with zero attached hydrogens (tertiary/aromatic N) is 1. The summed E-state index contributed by atoms with van der Waals surface area (Å²) >= 11 is 5.79. The van der Waals surface area contributed by atoms with E-state index in [-0.39, 0.29) is 10.9 Å². The number of anilines is 2. The van der Waals surface area contributed by atoms with Gasteiger partial charge in [0.1, 0.15) is 11.6 Å². The Morgan fingerprint density at radius 2 is 2.00 bits per heavy atom. The molecule has 3 rings (SSSR count). The van der Waals surface area contributed by atoms with Gasteiger partial charge in [0.05, 0.1) is 29.6 Å². The molecule has 0 saturated carbocycles. The Labute approximate surface area is 167 Å². The van der Waals surface area contributed by atoms with Crippen molar-refractivity contribution in [3.05, 3.63) is 82.9 Å². The second-order valence-electron chi connectivity index (χ2n) is 6.07. The van der Waals surface area contributed by atoms with E-state index in [1.165, 1.54) is 18.3 Å². The minimum atomic E-state index is -0.491. The molecule has 7 heteroatoms. The van der Waals surface area contributed by atoms with Crippen LogP contribution in [0.5, 0.6) is 5.75 Å². The number of pyridine rings is 1. The summed E-state index contributed by atoms with van der Waals surface area (Å²) in [5, 5.41) is 5.95. The van der Waals surface area contributed by atoms with Gasteiger partial charge in [-0.2, -0.15) is 0 Å². The maximum atomic E-state index is 13.3. The summed E-state index contributed by atoms with van der Waals surface area (Å²) in [7, 11) is 1.62. The molecule has 0 unspecified atom stereocenters. The van der Waals surface area contributed by atoms with Crippen LogP contribution in [0.2, 0.25) is 5.02 Å². The molecule has 3 aromatic rings. The lowest BCUT2D eigenvalue weighted by Gasteiger charge is -2.09. The number of amides is 1. The largest absolute Gasteiger partial charge is 0.497 e. The summed E-state index contributed by atoms with van der Waals surface area (Å²) in [6, 6.07) is 13.7. The number of aromatic nitrogens is 1. The zero-order valence-electron chi connectivity index (χ0n) is 15.2. The number of benzene rings is 2. The molecule has 0 bridgehead atoms. The minimum Gasteiger partial charge on any atom is -0.497 e. The molecular weight excluding hydrogens is 381 g/mol.